The van der Waals surface area contributed by atoms with Crippen molar-refractivity contribution in [2.75, 3.05) is 26.2 Å². The molecule has 128 valence electrons. The van der Waals surface area contributed by atoms with Crippen LogP contribution in [-0.2, 0) is 19.4 Å². The number of piperazine rings is 1. The van der Waals surface area contributed by atoms with Crippen molar-refractivity contribution in [3.05, 3.63) is 65.6 Å². The van der Waals surface area contributed by atoms with Gasteiger partial charge in [-0.25, -0.2) is 9.50 Å². The van der Waals surface area contributed by atoms with Crippen molar-refractivity contribution >= 4 is 5.65 Å². The van der Waals surface area contributed by atoms with Crippen LogP contribution in [0.5, 0.6) is 0 Å². The van der Waals surface area contributed by atoms with E-state index in [0.29, 0.717) is 6.04 Å². The van der Waals surface area contributed by atoms with Gasteiger partial charge in [-0.2, -0.15) is 5.10 Å². The summed E-state index contributed by atoms with van der Waals surface area (Å²) in [7, 11) is 0. The first-order valence-electron chi connectivity index (χ1n) is 9.18. The van der Waals surface area contributed by atoms with E-state index in [-0.39, 0.29) is 0 Å². The van der Waals surface area contributed by atoms with E-state index in [1.54, 1.807) is 17.5 Å². The quantitative estimate of drug-likeness (QED) is 0.735. The summed E-state index contributed by atoms with van der Waals surface area (Å²) in [6.07, 6.45) is 4.07. The molecule has 0 amide bonds. The number of fused-ring (bicyclic) bond motifs is 2. The number of hydrogen-bond acceptors (Lipinski definition) is 4. The van der Waals surface area contributed by atoms with Gasteiger partial charge in [-0.05, 0) is 36.1 Å². The van der Waals surface area contributed by atoms with Crippen LogP contribution in [0.2, 0.25) is 0 Å². The van der Waals surface area contributed by atoms with Gasteiger partial charge in [0.05, 0.1) is 5.69 Å². The Bertz CT molecular complexity index is 853. The molecule has 0 N–H and O–H groups in total. The van der Waals surface area contributed by atoms with Crippen LogP contribution in [0.15, 0.2) is 48.8 Å². The molecule has 5 heteroatoms. The summed E-state index contributed by atoms with van der Waals surface area (Å²) in [5, 5.41) is 4.35. The van der Waals surface area contributed by atoms with E-state index < -0.39 is 0 Å². The van der Waals surface area contributed by atoms with Gasteiger partial charge in [0, 0.05) is 38.8 Å². The average molecular weight is 333 g/mol. The van der Waals surface area contributed by atoms with E-state index >= 15 is 0 Å². The Labute approximate surface area is 147 Å². The molecule has 1 aliphatic heterocycles. The second-order valence-corrected chi connectivity index (χ2v) is 7.19. The molecule has 0 saturated carbocycles. The maximum absolute atomic E-state index is 4.35. The average Bonchev–Trinajstić information content (AvgIpc) is 3.29. The highest BCUT2D eigenvalue weighted by Crippen LogP contribution is 2.26. The van der Waals surface area contributed by atoms with E-state index in [1.165, 1.54) is 18.5 Å². The van der Waals surface area contributed by atoms with Crippen LogP contribution in [0, 0.1) is 0 Å². The fourth-order valence-corrected chi connectivity index (χ4v) is 4.33. The monoisotopic (exact) mass is 333 g/mol. The Morgan fingerprint density at radius 3 is 2.40 bits per heavy atom. The zero-order valence-electron chi connectivity index (χ0n) is 14.4. The lowest BCUT2D eigenvalue weighted by molar-refractivity contribution is 0.0937. The van der Waals surface area contributed by atoms with Crippen molar-refractivity contribution in [2.24, 2.45) is 0 Å². The van der Waals surface area contributed by atoms with Gasteiger partial charge in [0.25, 0.3) is 0 Å². The summed E-state index contributed by atoms with van der Waals surface area (Å²) >= 11 is 0. The first-order valence-corrected chi connectivity index (χ1v) is 9.18. The van der Waals surface area contributed by atoms with Crippen molar-refractivity contribution in [2.45, 2.75) is 25.4 Å². The number of hydrogen-bond donors (Lipinski definition) is 0. The smallest absolute Gasteiger partial charge is 0.155 e. The van der Waals surface area contributed by atoms with Crippen LogP contribution in [0.4, 0.5) is 0 Å². The van der Waals surface area contributed by atoms with Gasteiger partial charge >= 0.3 is 0 Å². The Morgan fingerprint density at radius 1 is 0.880 bits per heavy atom. The molecule has 0 unspecified atom stereocenters. The van der Waals surface area contributed by atoms with Gasteiger partial charge in [-0.3, -0.25) is 9.80 Å². The molecule has 3 aromatic rings. The fourth-order valence-electron chi connectivity index (χ4n) is 4.33. The first-order chi connectivity index (χ1) is 12.4. The van der Waals surface area contributed by atoms with Crippen molar-refractivity contribution in [1.82, 2.24) is 24.4 Å². The van der Waals surface area contributed by atoms with Crippen molar-refractivity contribution in [1.29, 1.82) is 0 Å². The minimum atomic E-state index is 0.693. The molecule has 0 bridgehead atoms. The highest BCUT2D eigenvalue weighted by molar-refractivity contribution is 5.37. The first kappa shape index (κ1) is 15.0. The largest absolute Gasteiger partial charge is 0.297 e. The molecule has 1 saturated heterocycles. The van der Waals surface area contributed by atoms with Gasteiger partial charge in [0.15, 0.2) is 5.65 Å². The zero-order chi connectivity index (χ0) is 16.6. The SMILES string of the molecule is c1ccc2c(c1)CC(N1CCN(Cc3cccc4ncnn34)CC1)C2. The number of benzene rings is 1. The number of nitrogens with zero attached hydrogens (tertiary/aromatic N) is 5. The Kier molecular flexibility index (Phi) is 3.76. The molecular weight excluding hydrogens is 310 g/mol. The van der Waals surface area contributed by atoms with Gasteiger partial charge < -0.3 is 0 Å². The molecule has 5 nitrogen and oxygen atoms in total. The minimum Gasteiger partial charge on any atom is -0.297 e. The number of aromatic nitrogens is 3. The number of rotatable bonds is 3. The van der Waals surface area contributed by atoms with Gasteiger partial charge in [-0.1, -0.05) is 30.3 Å². The van der Waals surface area contributed by atoms with Crippen molar-refractivity contribution in [3.63, 3.8) is 0 Å². The molecule has 2 aromatic heterocycles. The summed E-state index contributed by atoms with van der Waals surface area (Å²) in [5.41, 5.74) is 5.25. The molecule has 25 heavy (non-hydrogen) atoms. The Morgan fingerprint density at radius 2 is 1.64 bits per heavy atom. The molecule has 0 spiro atoms. The molecule has 5 rings (SSSR count). The molecule has 3 heterocycles. The van der Waals surface area contributed by atoms with Crippen LogP contribution in [0.25, 0.3) is 5.65 Å². The standard InChI is InChI=1S/C20H23N5/c1-2-5-17-13-19(12-16(17)4-1)24-10-8-23(9-11-24)14-18-6-3-7-20-21-15-22-25(18)20/h1-7,15,19H,8-14H2. The summed E-state index contributed by atoms with van der Waals surface area (Å²) in [6.45, 7) is 5.51. The lowest BCUT2D eigenvalue weighted by Crippen LogP contribution is -2.50. The third-order valence-corrected chi connectivity index (χ3v) is 5.72. The molecule has 1 fully saturated rings. The lowest BCUT2D eigenvalue weighted by atomic mass is 10.1. The molecule has 0 radical (unpaired) electrons. The lowest BCUT2D eigenvalue weighted by Gasteiger charge is -2.38. The maximum Gasteiger partial charge on any atom is 0.155 e. The second kappa shape index (κ2) is 6.24. The maximum atomic E-state index is 4.35. The van der Waals surface area contributed by atoms with Gasteiger partial charge in [0.1, 0.15) is 6.33 Å². The van der Waals surface area contributed by atoms with Crippen LogP contribution < -0.4 is 0 Å². The molecule has 0 atom stereocenters. The van der Waals surface area contributed by atoms with Crippen molar-refractivity contribution in [3.8, 4) is 0 Å². The summed E-state index contributed by atoms with van der Waals surface area (Å²) in [4.78, 5) is 9.51. The Balaban J connectivity index is 1.22. The van der Waals surface area contributed by atoms with Crippen molar-refractivity contribution < 1.29 is 0 Å². The highest BCUT2D eigenvalue weighted by atomic mass is 15.3. The summed E-state index contributed by atoms with van der Waals surface area (Å²) in [6, 6.07) is 15.9. The van der Waals surface area contributed by atoms with E-state index in [4.69, 9.17) is 0 Å². The Hall–Kier alpha value is -2.24. The number of pyridine rings is 1. The predicted molar refractivity (Wildman–Crippen MR) is 97.5 cm³/mol. The topological polar surface area (TPSA) is 36.7 Å². The van der Waals surface area contributed by atoms with E-state index in [1.807, 2.05) is 10.6 Å². The fraction of sp³-hybridized carbons (Fsp3) is 0.400. The summed E-state index contributed by atoms with van der Waals surface area (Å²) in [5.74, 6) is 0. The molecule has 1 aliphatic carbocycles. The van der Waals surface area contributed by atoms with Crippen LogP contribution in [-0.4, -0.2) is 56.6 Å². The normalized spacial score (nSPS) is 19.5. The highest BCUT2D eigenvalue weighted by Gasteiger charge is 2.29. The predicted octanol–water partition coefficient (Wildman–Crippen LogP) is 2.01. The van der Waals surface area contributed by atoms with E-state index in [2.05, 4.69) is 56.3 Å². The van der Waals surface area contributed by atoms with Crippen LogP contribution in [0.3, 0.4) is 0 Å². The third kappa shape index (κ3) is 2.83. The van der Waals surface area contributed by atoms with E-state index in [0.717, 1.165) is 38.4 Å². The van der Waals surface area contributed by atoms with Crippen LogP contribution in [0.1, 0.15) is 16.8 Å². The minimum absolute atomic E-state index is 0.693. The molecule has 2 aliphatic rings. The zero-order valence-corrected chi connectivity index (χ0v) is 14.4. The van der Waals surface area contributed by atoms with E-state index in [9.17, 15) is 0 Å². The van der Waals surface area contributed by atoms with Crippen LogP contribution >= 0.6 is 0 Å². The molecular formula is C20H23N5. The summed E-state index contributed by atoms with van der Waals surface area (Å²) < 4.78 is 1.96. The third-order valence-electron chi connectivity index (χ3n) is 5.72. The van der Waals surface area contributed by atoms with Gasteiger partial charge in [-0.15, -0.1) is 0 Å². The molecule has 1 aromatic carbocycles. The van der Waals surface area contributed by atoms with Gasteiger partial charge in [0.2, 0.25) is 0 Å². The second-order valence-electron chi connectivity index (χ2n) is 7.19.